The highest BCUT2D eigenvalue weighted by atomic mass is 35.5. The number of anilines is 1. The van der Waals surface area contributed by atoms with E-state index in [9.17, 15) is 9.90 Å². The summed E-state index contributed by atoms with van der Waals surface area (Å²) in [5.41, 5.74) is 3.77. The maximum atomic E-state index is 13.0. The number of benzene rings is 1. The van der Waals surface area contributed by atoms with Crippen molar-refractivity contribution in [3.63, 3.8) is 0 Å². The summed E-state index contributed by atoms with van der Waals surface area (Å²) in [7, 11) is 0. The molecule has 1 aromatic carbocycles. The van der Waals surface area contributed by atoms with E-state index in [0.29, 0.717) is 36.1 Å². The summed E-state index contributed by atoms with van der Waals surface area (Å²) >= 11 is 12.5. The van der Waals surface area contributed by atoms with Gasteiger partial charge in [0.1, 0.15) is 0 Å². The molecule has 0 bridgehead atoms. The van der Waals surface area contributed by atoms with Crippen LogP contribution in [0.15, 0.2) is 24.5 Å². The number of fused-ring (bicyclic) bond motifs is 3. The molecule has 1 amide bonds. The number of hydrogen-bond acceptors (Lipinski definition) is 5. The van der Waals surface area contributed by atoms with E-state index in [-0.39, 0.29) is 17.8 Å². The molecule has 0 saturated carbocycles. The van der Waals surface area contributed by atoms with Crippen molar-refractivity contribution >= 4 is 45.7 Å². The Balaban J connectivity index is 1.37. The van der Waals surface area contributed by atoms with Crippen molar-refractivity contribution in [2.45, 2.75) is 25.5 Å². The maximum Gasteiger partial charge on any atom is 0.291 e. The quantitative estimate of drug-likeness (QED) is 0.651. The van der Waals surface area contributed by atoms with Crippen molar-refractivity contribution in [1.82, 2.24) is 19.9 Å². The molecule has 2 aromatic heterocycles. The molecule has 1 saturated heterocycles. The molecular formula is C20H19Cl2N5O2. The lowest BCUT2D eigenvalue weighted by atomic mass is 10.0. The van der Waals surface area contributed by atoms with Crippen LogP contribution in [0.5, 0.6) is 0 Å². The highest BCUT2D eigenvalue weighted by Crippen LogP contribution is 2.35. The van der Waals surface area contributed by atoms with Gasteiger partial charge in [-0.2, -0.15) is 0 Å². The molecule has 0 radical (unpaired) electrons. The molecular weight excluding hydrogens is 413 g/mol. The summed E-state index contributed by atoms with van der Waals surface area (Å²) in [6, 6.07) is 3.71. The van der Waals surface area contributed by atoms with Crippen molar-refractivity contribution in [1.29, 1.82) is 0 Å². The average molecular weight is 432 g/mol. The van der Waals surface area contributed by atoms with Crippen LogP contribution in [0.3, 0.4) is 0 Å². The van der Waals surface area contributed by atoms with Crippen molar-refractivity contribution in [2.24, 2.45) is 0 Å². The molecule has 2 aliphatic heterocycles. The van der Waals surface area contributed by atoms with Crippen LogP contribution in [0.4, 0.5) is 5.69 Å². The molecule has 1 fully saturated rings. The fourth-order valence-corrected chi connectivity index (χ4v) is 4.48. The van der Waals surface area contributed by atoms with E-state index in [2.05, 4.69) is 15.0 Å². The Morgan fingerprint density at radius 1 is 1.21 bits per heavy atom. The van der Waals surface area contributed by atoms with E-state index in [1.165, 1.54) is 0 Å². The summed E-state index contributed by atoms with van der Waals surface area (Å²) in [5.74, 6) is -0.0177. The molecule has 5 rings (SSSR count). The van der Waals surface area contributed by atoms with Gasteiger partial charge in [-0.15, -0.1) is 0 Å². The second kappa shape index (κ2) is 7.16. The molecule has 0 aliphatic carbocycles. The van der Waals surface area contributed by atoms with Gasteiger partial charge >= 0.3 is 0 Å². The number of β-amino-alcohol motifs (C(OH)–C–C–N with tert-alkyl or cyclic N) is 1. The fraction of sp³-hybridized carbons (Fsp3) is 0.350. The molecule has 1 atom stereocenters. The SMILES string of the molecule is O=C(c1ncc(N2CC[C@H](O)C2)cn1)N1CCc2[nH]c3c(Cl)c(Cl)ccc3c2C1. The summed E-state index contributed by atoms with van der Waals surface area (Å²) < 4.78 is 0. The number of H-pyrrole nitrogens is 1. The second-order valence-corrected chi connectivity index (χ2v) is 8.28. The van der Waals surface area contributed by atoms with E-state index in [1.54, 1.807) is 23.4 Å². The molecule has 2 aliphatic rings. The molecule has 29 heavy (non-hydrogen) atoms. The Kier molecular flexibility index (Phi) is 4.61. The molecule has 9 heteroatoms. The van der Waals surface area contributed by atoms with E-state index in [1.807, 2.05) is 11.0 Å². The first kappa shape index (κ1) is 18.7. The molecule has 7 nitrogen and oxygen atoms in total. The zero-order valence-electron chi connectivity index (χ0n) is 15.5. The molecule has 150 valence electrons. The number of aromatic amines is 1. The van der Waals surface area contributed by atoms with E-state index < -0.39 is 0 Å². The number of amides is 1. The number of carbonyl (C=O) groups is 1. The first-order chi connectivity index (χ1) is 14.0. The van der Waals surface area contributed by atoms with Crippen LogP contribution in [-0.2, 0) is 13.0 Å². The monoisotopic (exact) mass is 431 g/mol. The number of aliphatic hydroxyl groups excluding tert-OH is 1. The lowest BCUT2D eigenvalue weighted by Crippen LogP contribution is -2.36. The van der Waals surface area contributed by atoms with E-state index in [0.717, 1.165) is 40.8 Å². The molecule has 0 spiro atoms. The van der Waals surface area contributed by atoms with Crippen molar-refractivity contribution in [3.8, 4) is 0 Å². The van der Waals surface area contributed by atoms with Crippen LogP contribution in [0.2, 0.25) is 10.0 Å². The van der Waals surface area contributed by atoms with Crippen molar-refractivity contribution < 1.29 is 9.90 Å². The van der Waals surface area contributed by atoms with Gasteiger partial charge < -0.3 is 19.9 Å². The summed E-state index contributed by atoms with van der Waals surface area (Å²) in [5, 5.41) is 11.7. The van der Waals surface area contributed by atoms with Gasteiger partial charge in [0.2, 0.25) is 5.82 Å². The minimum Gasteiger partial charge on any atom is -0.391 e. The topological polar surface area (TPSA) is 85.3 Å². The molecule has 3 aromatic rings. The number of rotatable bonds is 2. The zero-order valence-corrected chi connectivity index (χ0v) is 17.0. The second-order valence-electron chi connectivity index (χ2n) is 7.50. The third kappa shape index (κ3) is 3.23. The molecule has 0 unspecified atom stereocenters. The predicted octanol–water partition coefficient (Wildman–Crippen LogP) is 3.03. The lowest BCUT2D eigenvalue weighted by molar-refractivity contribution is 0.0722. The van der Waals surface area contributed by atoms with Gasteiger partial charge in [-0.25, -0.2) is 9.97 Å². The Morgan fingerprint density at radius 3 is 2.72 bits per heavy atom. The van der Waals surface area contributed by atoms with E-state index in [4.69, 9.17) is 23.2 Å². The average Bonchev–Trinajstić information content (AvgIpc) is 3.34. The number of aliphatic hydroxyl groups is 1. The van der Waals surface area contributed by atoms with Crippen LogP contribution >= 0.6 is 23.2 Å². The first-order valence-corrected chi connectivity index (χ1v) is 10.3. The smallest absolute Gasteiger partial charge is 0.291 e. The van der Waals surface area contributed by atoms with Crippen molar-refractivity contribution in [2.75, 3.05) is 24.5 Å². The van der Waals surface area contributed by atoms with E-state index >= 15 is 0 Å². The molecule has 2 N–H and O–H groups in total. The van der Waals surface area contributed by atoms with Gasteiger partial charge in [-0.05, 0) is 12.5 Å². The fourth-order valence-electron chi connectivity index (χ4n) is 4.11. The predicted molar refractivity (Wildman–Crippen MR) is 112 cm³/mol. The van der Waals surface area contributed by atoms with Gasteiger partial charge in [0, 0.05) is 49.2 Å². The highest BCUT2D eigenvalue weighted by Gasteiger charge is 2.27. The number of aromatic nitrogens is 3. The van der Waals surface area contributed by atoms with Gasteiger partial charge in [-0.1, -0.05) is 29.3 Å². The van der Waals surface area contributed by atoms with Gasteiger partial charge in [-0.3, -0.25) is 4.79 Å². The van der Waals surface area contributed by atoms with Crippen LogP contribution in [-0.4, -0.2) is 56.6 Å². The zero-order chi connectivity index (χ0) is 20.1. The first-order valence-electron chi connectivity index (χ1n) is 9.53. The van der Waals surface area contributed by atoms with Gasteiger partial charge in [0.05, 0.1) is 39.7 Å². The van der Waals surface area contributed by atoms with Crippen molar-refractivity contribution in [3.05, 3.63) is 51.7 Å². The molecule has 4 heterocycles. The van der Waals surface area contributed by atoms with Crippen LogP contribution in [0.25, 0.3) is 10.9 Å². The number of nitrogens with zero attached hydrogens (tertiary/aromatic N) is 4. The largest absolute Gasteiger partial charge is 0.391 e. The maximum absolute atomic E-state index is 13.0. The minimum atomic E-state index is -0.321. The number of hydrogen-bond donors (Lipinski definition) is 2. The van der Waals surface area contributed by atoms with Crippen LogP contribution < -0.4 is 4.90 Å². The normalized spacial score (nSPS) is 19.1. The standard InChI is InChI=1S/C20H19Cl2N5O2/c21-15-2-1-13-14-10-27(6-4-16(14)25-18(13)17(15)22)20(29)19-23-7-11(8-24-19)26-5-3-12(28)9-26/h1-2,7-8,12,25,28H,3-6,9-10H2/t12-/m0/s1. The van der Waals surface area contributed by atoms with Crippen LogP contribution in [0, 0.1) is 0 Å². The Labute approximate surface area is 177 Å². The Bertz CT molecular complexity index is 1100. The van der Waals surface area contributed by atoms with Gasteiger partial charge in [0.25, 0.3) is 5.91 Å². The minimum absolute atomic E-state index is 0.179. The van der Waals surface area contributed by atoms with Gasteiger partial charge in [0.15, 0.2) is 0 Å². The number of carbonyl (C=O) groups excluding carboxylic acids is 1. The third-order valence-corrected chi connectivity index (χ3v) is 6.49. The Morgan fingerprint density at radius 2 is 2.00 bits per heavy atom. The summed E-state index contributed by atoms with van der Waals surface area (Å²) in [6.07, 6.45) is 4.42. The lowest BCUT2D eigenvalue weighted by Gasteiger charge is -2.26. The summed E-state index contributed by atoms with van der Waals surface area (Å²) in [4.78, 5) is 28.7. The number of halogens is 2. The van der Waals surface area contributed by atoms with Crippen LogP contribution in [0.1, 0.15) is 28.3 Å². The Hall–Kier alpha value is -2.35. The number of nitrogens with one attached hydrogen (secondary N) is 1. The third-order valence-electron chi connectivity index (χ3n) is 5.69. The highest BCUT2D eigenvalue weighted by molar-refractivity contribution is 6.45. The summed E-state index contributed by atoms with van der Waals surface area (Å²) in [6.45, 7) is 2.38.